The van der Waals surface area contributed by atoms with E-state index >= 15 is 0 Å². The minimum atomic E-state index is -2.03. The molecule has 0 aromatic rings. The van der Waals surface area contributed by atoms with Crippen LogP contribution in [0.1, 0.15) is 13.8 Å². The molecule has 0 saturated carbocycles. The van der Waals surface area contributed by atoms with E-state index in [9.17, 15) is 9.59 Å². The van der Waals surface area contributed by atoms with Crippen molar-refractivity contribution in [2.45, 2.75) is 33.5 Å². The Morgan fingerprint density at radius 2 is 1.05 bits per heavy atom. The van der Waals surface area contributed by atoms with Crippen LogP contribution in [0.5, 0.6) is 0 Å². The van der Waals surface area contributed by atoms with Crippen LogP contribution in [0, 0.1) is 0 Å². The summed E-state index contributed by atoms with van der Waals surface area (Å²) < 4.78 is -4.06. The van der Waals surface area contributed by atoms with E-state index in [4.69, 9.17) is 69.6 Å². The molecule has 0 radical (unpaired) electrons. The van der Waals surface area contributed by atoms with Gasteiger partial charge in [0.1, 0.15) is 0 Å². The summed E-state index contributed by atoms with van der Waals surface area (Å²) >= 11 is 33.6. The Kier molecular flexibility index (Phi) is 6.02. The molecule has 0 aromatic carbocycles. The highest BCUT2D eigenvalue weighted by Gasteiger charge is 2.45. The zero-order valence-corrected chi connectivity index (χ0v) is 15.1. The summed E-state index contributed by atoms with van der Waals surface area (Å²) in [7, 11) is 0. The Hall–Kier alpha value is 0.680. The zero-order valence-electron chi connectivity index (χ0n) is 10.5. The first-order valence-corrected chi connectivity index (χ1v) is 7.88. The third kappa shape index (κ3) is 4.34. The first-order valence-electron chi connectivity index (χ1n) is 5.61. The van der Waals surface area contributed by atoms with Gasteiger partial charge in [-0.15, -0.1) is 0 Å². The van der Waals surface area contributed by atoms with Crippen LogP contribution in [-0.2, 0) is 9.59 Å². The maximum absolute atomic E-state index is 12.0. The van der Waals surface area contributed by atoms with Gasteiger partial charge in [0.25, 0.3) is 19.4 Å². The van der Waals surface area contributed by atoms with E-state index in [0.29, 0.717) is 0 Å². The lowest BCUT2D eigenvalue weighted by atomic mass is 10.1. The minimum Gasteiger partial charge on any atom is -0.332 e. The second kappa shape index (κ2) is 6.43. The molecule has 1 aliphatic rings. The Balaban J connectivity index is 2.87. The molecule has 0 aliphatic carbocycles. The van der Waals surface area contributed by atoms with E-state index in [1.165, 1.54) is 9.80 Å². The molecular weight excluding hydrogens is 393 g/mol. The van der Waals surface area contributed by atoms with Gasteiger partial charge in [0.15, 0.2) is 0 Å². The van der Waals surface area contributed by atoms with Crippen LogP contribution in [0.4, 0.5) is 0 Å². The summed E-state index contributed by atoms with van der Waals surface area (Å²) in [5.74, 6) is -1.27. The van der Waals surface area contributed by atoms with Gasteiger partial charge in [0.05, 0.1) is 0 Å². The van der Waals surface area contributed by atoms with Gasteiger partial charge < -0.3 is 9.80 Å². The van der Waals surface area contributed by atoms with Gasteiger partial charge in [0, 0.05) is 25.2 Å². The van der Waals surface area contributed by atoms with Gasteiger partial charge in [-0.1, -0.05) is 69.6 Å². The largest absolute Gasteiger partial charge is 0.332 e. The predicted octanol–water partition coefficient (Wildman–Crippen LogP) is 3.17. The number of amides is 2. The second-order valence-electron chi connectivity index (χ2n) is 4.61. The van der Waals surface area contributed by atoms with Crippen molar-refractivity contribution < 1.29 is 9.59 Å². The second-order valence-corrected chi connectivity index (χ2v) is 9.17. The number of piperazine rings is 1. The first-order chi connectivity index (χ1) is 8.85. The van der Waals surface area contributed by atoms with Crippen LogP contribution >= 0.6 is 69.6 Å². The molecule has 4 nitrogen and oxygen atoms in total. The number of rotatable bonds is 0. The molecule has 1 heterocycles. The van der Waals surface area contributed by atoms with Crippen molar-refractivity contribution in [3.63, 3.8) is 0 Å². The minimum absolute atomic E-state index is 0.195. The molecule has 1 saturated heterocycles. The van der Waals surface area contributed by atoms with Crippen LogP contribution in [0.3, 0.4) is 0 Å². The number of halogens is 6. The Morgan fingerprint density at radius 1 is 0.800 bits per heavy atom. The Morgan fingerprint density at radius 3 is 1.25 bits per heavy atom. The molecular formula is C10H12Cl6N2O2. The molecule has 0 bridgehead atoms. The number of hydrogen-bond donors (Lipinski definition) is 0. The van der Waals surface area contributed by atoms with Gasteiger partial charge in [0.2, 0.25) is 0 Å². The van der Waals surface area contributed by atoms with E-state index in [2.05, 4.69) is 0 Å². The number of carbonyl (C=O) groups excluding carboxylic acids is 2. The smallest absolute Gasteiger partial charge is 0.275 e. The van der Waals surface area contributed by atoms with Crippen molar-refractivity contribution in [3.8, 4) is 0 Å². The van der Waals surface area contributed by atoms with Crippen LogP contribution < -0.4 is 0 Å². The fourth-order valence-corrected chi connectivity index (χ4v) is 2.67. The average Bonchev–Trinajstić information content (AvgIpc) is 2.27. The van der Waals surface area contributed by atoms with Gasteiger partial charge in [-0.2, -0.15) is 0 Å². The molecule has 20 heavy (non-hydrogen) atoms. The fraction of sp³-hybridized carbons (Fsp3) is 0.800. The van der Waals surface area contributed by atoms with Crippen LogP contribution in [0.2, 0.25) is 0 Å². The number of alkyl halides is 6. The number of carbonyl (C=O) groups is 2. The quantitative estimate of drug-likeness (QED) is 0.582. The molecule has 0 unspecified atom stereocenters. The molecule has 0 spiro atoms. The summed E-state index contributed by atoms with van der Waals surface area (Å²) in [5, 5.41) is 0. The summed E-state index contributed by atoms with van der Waals surface area (Å²) in [4.78, 5) is 26.8. The van der Waals surface area contributed by atoms with Crippen molar-refractivity contribution in [3.05, 3.63) is 0 Å². The van der Waals surface area contributed by atoms with Gasteiger partial charge in [-0.25, -0.2) is 0 Å². The van der Waals surface area contributed by atoms with Crippen LogP contribution in [0.15, 0.2) is 0 Å². The number of hydrogen-bond acceptors (Lipinski definition) is 2. The molecule has 10 heteroatoms. The zero-order chi connectivity index (χ0) is 15.9. The third-order valence-corrected chi connectivity index (χ3v) is 3.96. The third-order valence-electron chi connectivity index (χ3n) is 2.99. The van der Waals surface area contributed by atoms with E-state index < -0.39 is 19.4 Å². The fourth-order valence-electron chi connectivity index (χ4n) is 2.02. The highest BCUT2D eigenvalue weighted by atomic mass is 35.6. The molecule has 0 aromatic heterocycles. The summed E-state index contributed by atoms with van der Waals surface area (Å²) in [6, 6.07) is -0.712. The van der Waals surface area contributed by atoms with Crippen LogP contribution in [0.25, 0.3) is 0 Å². The van der Waals surface area contributed by atoms with Gasteiger partial charge in [-0.05, 0) is 13.8 Å². The summed E-state index contributed by atoms with van der Waals surface area (Å²) in [6.45, 7) is 3.83. The van der Waals surface area contributed by atoms with Crippen molar-refractivity contribution in [1.82, 2.24) is 9.80 Å². The topological polar surface area (TPSA) is 40.6 Å². The standard InChI is InChI=1S/C10H12Cl6N2O2/c1-5-3-18(8(20)10(14,15)16)6(2)4-17(5)7(19)9(11,12)13/h5-6H,3-4H2,1-2H3/t5-,6-/m0/s1. The van der Waals surface area contributed by atoms with Gasteiger partial charge in [-0.3, -0.25) is 9.59 Å². The van der Waals surface area contributed by atoms with Crippen LogP contribution in [-0.4, -0.2) is 54.4 Å². The lowest BCUT2D eigenvalue weighted by Gasteiger charge is -2.45. The first kappa shape index (κ1) is 18.7. The summed E-state index contributed by atoms with van der Waals surface area (Å²) in [6.07, 6.45) is 0. The lowest BCUT2D eigenvalue weighted by Crippen LogP contribution is -2.62. The maximum atomic E-state index is 12.0. The van der Waals surface area contributed by atoms with E-state index in [1.54, 1.807) is 13.8 Å². The molecule has 1 aliphatic heterocycles. The lowest BCUT2D eigenvalue weighted by molar-refractivity contribution is -0.144. The molecule has 2 amide bonds. The average molecular weight is 405 g/mol. The molecule has 1 rings (SSSR count). The monoisotopic (exact) mass is 402 g/mol. The van der Waals surface area contributed by atoms with Crippen molar-refractivity contribution >= 4 is 81.4 Å². The normalized spacial score (nSPS) is 24.8. The van der Waals surface area contributed by atoms with Crippen molar-refractivity contribution in [2.75, 3.05) is 13.1 Å². The molecule has 1 fully saturated rings. The van der Waals surface area contributed by atoms with E-state index in [-0.39, 0.29) is 25.2 Å². The predicted molar refractivity (Wildman–Crippen MR) is 82.9 cm³/mol. The van der Waals surface area contributed by atoms with Crippen molar-refractivity contribution in [2.24, 2.45) is 0 Å². The summed E-state index contributed by atoms with van der Waals surface area (Å²) in [5.41, 5.74) is 0. The Labute approximate surface area is 147 Å². The molecule has 116 valence electrons. The Bertz CT molecular complexity index is 368. The highest BCUT2D eigenvalue weighted by molar-refractivity contribution is 6.76. The number of nitrogens with zero attached hydrogens (tertiary/aromatic N) is 2. The van der Waals surface area contributed by atoms with E-state index in [0.717, 1.165) is 0 Å². The molecule has 2 atom stereocenters. The molecule has 0 N–H and O–H groups in total. The van der Waals surface area contributed by atoms with Crippen molar-refractivity contribution in [1.29, 1.82) is 0 Å². The maximum Gasteiger partial charge on any atom is 0.275 e. The highest BCUT2D eigenvalue weighted by Crippen LogP contribution is 2.33. The van der Waals surface area contributed by atoms with E-state index in [1.807, 2.05) is 0 Å². The van der Waals surface area contributed by atoms with Gasteiger partial charge >= 0.3 is 0 Å². The SMILES string of the molecule is C[C@H]1CN(C(=O)C(Cl)(Cl)Cl)[C@@H](C)CN1C(=O)C(Cl)(Cl)Cl.